The molecule has 2 aromatic rings. The molecule has 0 bridgehead atoms. The van der Waals surface area contributed by atoms with Crippen LogP contribution in [0.3, 0.4) is 0 Å². The van der Waals surface area contributed by atoms with Crippen molar-refractivity contribution >= 4 is 23.2 Å². The van der Waals surface area contributed by atoms with Crippen molar-refractivity contribution in [1.82, 2.24) is 15.3 Å². The molecule has 0 spiro atoms. The van der Waals surface area contributed by atoms with Gasteiger partial charge in [0.1, 0.15) is 0 Å². The van der Waals surface area contributed by atoms with Crippen LogP contribution in [0.5, 0.6) is 0 Å². The highest BCUT2D eigenvalue weighted by atomic mass is 16.6. The second kappa shape index (κ2) is 8.49. The van der Waals surface area contributed by atoms with E-state index < -0.39 is 6.09 Å². The number of nitrogens with zero attached hydrogens (tertiary/aromatic N) is 2. The molecule has 6 nitrogen and oxygen atoms in total. The van der Waals surface area contributed by atoms with Gasteiger partial charge in [0.05, 0.1) is 12.8 Å². The van der Waals surface area contributed by atoms with Crippen molar-refractivity contribution in [2.75, 3.05) is 27.2 Å². The highest BCUT2D eigenvalue weighted by Gasteiger charge is 2.05. The molecule has 0 aliphatic carbocycles. The Morgan fingerprint density at radius 3 is 2.92 bits per heavy atom. The number of benzene rings is 1. The Kier molecular flexibility index (Phi) is 6.37. The molecule has 0 unspecified atom stereocenters. The lowest BCUT2D eigenvalue weighted by atomic mass is 10.1. The van der Waals surface area contributed by atoms with Crippen molar-refractivity contribution < 1.29 is 9.53 Å². The van der Waals surface area contributed by atoms with Crippen LogP contribution in [0.1, 0.15) is 25.0 Å². The van der Waals surface area contributed by atoms with Crippen molar-refractivity contribution in [3.63, 3.8) is 0 Å². The first-order chi connectivity index (χ1) is 11.5. The maximum Gasteiger partial charge on any atom is 0.427 e. The molecule has 0 aliphatic rings. The van der Waals surface area contributed by atoms with E-state index in [0.717, 1.165) is 24.0 Å². The second-order valence-corrected chi connectivity index (χ2v) is 6.53. The predicted octanol–water partition coefficient (Wildman–Crippen LogP) is 2.99. The van der Waals surface area contributed by atoms with E-state index in [1.54, 1.807) is 6.21 Å². The molecule has 0 fully saturated rings. The summed E-state index contributed by atoms with van der Waals surface area (Å²) in [4.78, 5) is 16.9. The fourth-order valence-corrected chi connectivity index (χ4v) is 2.26. The van der Waals surface area contributed by atoms with E-state index in [-0.39, 0.29) is 0 Å². The van der Waals surface area contributed by atoms with Gasteiger partial charge < -0.3 is 14.6 Å². The first-order valence-electron chi connectivity index (χ1n) is 8.16. The zero-order valence-electron chi connectivity index (χ0n) is 14.8. The lowest BCUT2D eigenvalue weighted by molar-refractivity contribution is 0.133. The van der Waals surface area contributed by atoms with Crippen LogP contribution in [0.2, 0.25) is 0 Å². The fourth-order valence-electron chi connectivity index (χ4n) is 2.26. The van der Waals surface area contributed by atoms with Gasteiger partial charge in [-0.25, -0.2) is 10.2 Å². The first-order valence-corrected chi connectivity index (χ1v) is 8.16. The Bertz CT molecular complexity index is 704. The van der Waals surface area contributed by atoms with E-state index in [2.05, 4.69) is 46.8 Å². The SMILES string of the molecule is CC(C)COC(=O)NN=Cc1ccc2[nH]cc(CCN(C)C)c2c1. The van der Waals surface area contributed by atoms with Crippen LogP contribution < -0.4 is 5.43 Å². The summed E-state index contributed by atoms with van der Waals surface area (Å²) in [6.45, 7) is 5.34. The average molecular weight is 330 g/mol. The highest BCUT2D eigenvalue weighted by Crippen LogP contribution is 2.20. The largest absolute Gasteiger partial charge is 0.448 e. The standard InChI is InChI=1S/C18H26N4O2/c1-13(2)12-24-18(23)21-20-10-14-5-6-17-16(9-14)15(11-19-17)7-8-22(3)4/h5-6,9-11,13,19H,7-8,12H2,1-4H3,(H,21,23). The minimum absolute atomic E-state index is 0.302. The van der Waals surface area contributed by atoms with Crippen LogP contribution in [0, 0.1) is 5.92 Å². The van der Waals surface area contributed by atoms with Crippen LogP contribution in [-0.4, -0.2) is 49.4 Å². The van der Waals surface area contributed by atoms with Gasteiger partial charge in [-0.3, -0.25) is 0 Å². The number of rotatable bonds is 7. The summed E-state index contributed by atoms with van der Waals surface area (Å²) >= 11 is 0. The summed E-state index contributed by atoms with van der Waals surface area (Å²) in [5.74, 6) is 0.302. The molecule has 0 aliphatic heterocycles. The van der Waals surface area contributed by atoms with E-state index >= 15 is 0 Å². The molecular weight excluding hydrogens is 304 g/mol. The quantitative estimate of drug-likeness (QED) is 0.606. The summed E-state index contributed by atoms with van der Waals surface area (Å²) in [6.07, 6.45) is 4.12. The minimum Gasteiger partial charge on any atom is -0.448 e. The minimum atomic E-state index is -0.533. The Morgan fingerprint density at radius 2 is 2.21 bits per heavy atom. The molecule has 0 saturated heterocycles. The van der Waals surface area contributed by atoms with Gasteiger partial charge in [0, 0.05) is 23.6 Å². The molecule has 2 rings (SSSR count). The number of hydrogen-bond donors (Lipinski definition) is 2. The molecule has 1 aromatic heterocycles. The third-order valence-electron chi connectivity index (χ3n) is 3.54. The molecule has 24 heavy (non-hydrogen) atoms. The zero-order chi connectivity index (χ0) is 17.5. The number of carbonyl (C=O) groups is 1. The van der Waals surface area contributed by atoms with Crippen molar-refractivity contribution in [2.45, 2.75) is 20.3 Å². The van der Waals surface area contributed by atoms with E-state index in [1.165, 1.54) is 10.9 Å². The van der Waals surface area contributed by atoms with Crippen molar-refractivity contribution in [3.8, 4) is 0 Å². The van der Waals surface area contributed by atoms with Crippen LogP contribution in [0.15, 0.2) is 29.5 Å². The van der Waals surface area contributed by atoms with Crippen molar-refractivity contribution in [1.29, 1.82) is 0 Å². The number of nitrogens with one attached hydrogen (secondary N) is 2. The fraction of sp³-hybridized carbons (Fsp3) is 0.444. The number of carbonyl (C=O) groups excluding carboxylic acids is 1. The molecule has 1 aromatic carbocycles. The lowest BCUT2D eigenvalue weighted by Crippen LogP contribution is -2.21. The second-order valence-electron chi connectivity index (χ2n) is 6.53. The number of likely N-dealkylation sites (N-methyl/N-ethyl adjacent to an activating group) is 1. The van der Waals surface area contributed by atoms with Gasteiger partial charge in [-0.1, -0.05) is 19.9 Å². The number of hydrazone groups is 1. The van der Waals surface area contributed by atoms with E-state index in [4.69, 9.17) is 4.74 Å². The van der Waals surface area contributed by atoms with Crippen LogP contribution in [0.4, 0.5) is 4.79 Å². The summed E-state index contributed by atoms with van der Waals surface area (Å²) in [7, 11) is 4.13. The van der Waals surface area contributed by atoms with Gasteiger partial charge in [-0.2, -0.15) is 5.10 Å². The van der Waals surface area contributed by atoms with Gasteiger partial charge in [-0.15, -0.1) is 0 Å². The number of fused-ring (bicyclic) bond motifs is 1. The van der Waals surface area contributed by atoms with Crippen molar-refractivity contribution in [2.24, 2.45) is 11.0 Å². The average Bonchev–Trinajstić information content (AvgIpc) is 2.93. The van der Waals surface area contributed by atoms with Gasteiger partial charge in [-0.05, 0) is 49.7 Å². The number of hydrogen-bond acceptors (Lipinski definition) is 4. The highest BCUT2D eigenvalue weighted by molar-refractivity contribution is 5.91. The monoisotopic (exact) mass is 330 g/mol. The summed E-state index contributed by atoms with van der Waals surface area (Å²) < 4.78 is 5.00. The smallest absolute Gasteiger partial charge is 0.427 e. The Balaban J connectivity index is 2.00. The van der Waals surface area contributed by atoms with Crippen LogP contribution >= 0.6 is 0 Å². The number of amides is 1. The van der Waals surface area contributed by atoms with Gasteiger partial charge in [0.15, 0.2) is 0 Å². The predicted molar refractivity (Wildman–Crippen MR) is 97.5 cm³/mol. The van der Waals surface area contributed by atoms with E-state index in [0.29, 0.717) is 12.5 Å². The van der Waals surface area contributed by atoms with Gasteiger partial charge in [0.25, 0.3) is 0 Å². The number of aromatic nitrogens is 1. The molecule has 6 heteroatoms. The van der Waals surface area contributed by atoms with Gasteiger partial charge in [0.2, 0.25) is 0 Å². The number of aromatic amines is 1. The van der Waals surface area contributed by atoms with Crippen molar-refractivity contribution in [3.05, 3.63) is 35.5 Å². The Labute approximate surface area is 142 Å². The van der Waals surface area contributed by atoms with E-state index in [9.17, 15) is 4.79 Å². The summed E-state index contributed by atoms with van der Waals surface area (Å²) in [5.41, 5.74) is 5.68. The molecule has 1 heterocycles. The first kappa shape index (κ1) is 18.0. The molecule has 0 saturated carbocycles. The Morgan fingerprint density at radius 1 is 1.42 bits per heavy atom. The molecule has 130 valence electrons. The summed E-state index contributed by atoms with van der Waals surface area (Å²) in [5, 5.41) is 5.13. The Hall–Kier alpha value is -2.34. The van der Waals surface area contributed by atoms with Crippen LogP contribution in [0.25, 0.3) is 10.9 Å². The number of H-pyrrole nitrogens is 1. The maximum atomic E-state index is 11.5. The third kappa shape index (κ3) is 5.38. The normalized spacial score (nSPS) is 11.8. The maximum absolute atomic E-state index is 11.5. The van der Waals surface area contributed by atoms with E-state index in [1.807, 2.05) is 26.0 Å². The molecular formula is C18H26N4O2. The summed E-state index contributed by atoms with van der Waals surface area (Å²) in [6, 6.07) is 6.05. The zero-order valence-corrected chi connectivity index (χ0v) is 14.8. The molecule has 2 N–H and O–H groups in total. The molecule has 0 radical (unpaired) electrons. The van der Waals surface area contributed by atoms with Crippen LogP contribution in [-0.2, 0) is 11.2 Å². The lowest BCUT2D eigenvalue weighted by Gasteiger charge is -2.08. The van der Waals surface area contributed by atoms with Gasteiger partial charge >= 0.3 is 6.09 Å². The number of ether oxygens (including phenoxy) is 1. The topological polar surface area (TPSA) is 69.7 Å². The third-order valence-corrected chi connectivity index (χ3v) is 3.54. The molecule has 1 amide bonds. The molecule has 0 atom stereocenters.